The Labute approximate surface area is 178 Å². The van der Waals surface area contributed by atoms with Crippen molar-refractivity contribution in [1.82, 2.24) is 34.4 Å². The Morgan fingerprint density at radius 2 is 1.83 bits per heavy atom. The molecule has 4 rings (SSSR count). The number of amides is 1. The van der Waals surface area contributed by atoms with Crippen molar-refractivity contribution in [2.45, 2.75) is 0 Å². The number of benzene rings is 1. The van der Waals surface area contributed by atoms with Crippen LogP contribution in [0.3, 0.4) is 0 Å². The first-order valence-corrected chi connectivity index (χ1v) is 10.2. The minimum absolute atomic E-state index is 0.135. The molecule has 30 heavy (non-hydrogen) atoms. The number of piperazine rings is 1. The molecule has 1 fully saturated rings. The minimum Gasteiger partial charge on any atom is -0.349 e. The van der Waals surface area contributed by atoms with Crippen LogP contribution in [-0.2, 0) is 7.05 Å². The molecular weight excluding hydrogens is 406 g/mol. The fourth-order valence-electron chi connectivity index (χ4n) is 3.49. The van der Waals surface area contributed by atoms with Gasteiger partial charge in [-0.2, -0.15) is 5.10 Å². The van der Waals surface area contributed by atoms with Gasteiger partial charge in [0.25, 0.3) is 11.5 Å². The molecule has 0 saturated carbocycles. The maximum atomic E-state index is 12.9. The fraction of sp³-hybridized carbons (Fsp3) is 0.400. The van der Waals surface area contributed by atoms with E-state index in [1.807, 2.05) is 0 Å². The van der Waals surface area contributed by atoms with Crippen LogP contribution in [0.25, 0.3) is 16.7 Å². The number of likely N-dealkylation sites (N-methyl/N-ethyl adjacent to an activating group) is 1. The van der Waals surface area contributed by atoms with Gasteiger partial charge in [0, 0.05) is 51.3 Å². The highest BCUT2D eigenvalue weighted by Crippen LogP contribution is 2.19. The summed E-state index contributed by atoms with van der Waals surface area (Å²) in [6, 6.07) is 6.91. The zero-order chi connectivity index (χ0) is 21.3. The zero-order valence-electron chi connectivity index (χ0n) is 17.0. The van der Waals surface area contributed by atoms with Crippen molar-refractivity contribution in [1.29, 1.82) is 0 Å². The van der Waals surface area contributed by atoms with Crippen molar-refractivity contribution in [2.75, 3.05) is 46.3 Å². The Balaban J connectivity index is 1.59. The van der Waals surface area contributed by atoms with E-state index in [4.69, 9.17) is 11.6 Å². The van der Waals surface area contributed by atoms with Gasteiger partial charge in [-0.25, -0.2) is 9.67 Å². The standard InChI is InChI=1S/C20H24ClN7O2/c1-25-9-11-27(12-10-25)8-7-22-19(29)17-16-18(20(30)26(2)13-23-16)28(24-17)15-5-3-14(21)4-6-15/h3-6,13H,7-12H2,1-2H3,(H,22,29). The second-order valence-corrected chi connectivity index (χ2v) is 7.93. The van der Waals surface area contributed by atoms with E-state index in [1.54, 1.807) is 31.3 Å². The monoisotopic (exact) mass is 429 g/mol. The van der Waals surface area contributed by atoms with Gasteiger partial charge < -0.3 is 14.8 Å². The zero-order valence-corrected chi connectivity index (χ0v) is 17.8. The van der Waals surface area contributed by atoms with Crippen LogP contribution < -0.4 is 10.9 Å². The Bertz CT molecular complexity index is 1110. The second kappa shape index (κ2) is 8.55. The largest absolute Gasteiger partial charge is 0.349 e. The van der Waals surface area contributed by atoms with E-state index in [9.17, 15) is 9.59 Å². The highest BCUT2D eigenvalue weighted by atomic mass is 35.5. The van der Waals surface area contributed by atoms with E-state index in [2.05, 4.69) is 32.2 Å². The molecule has 2 aromatic heterocycles. The number of nitrogens with zero attached hydrogens (tertiary/aromatic N) is 6. The van der Waals surface area contributed by atoms with Gasteiger partial charge in [-0.05, 0) is 31.3 Å². The normalized spacial score (nSPS) is 15.6. The predicted octanol–water partition coefficient (Wildman–Crippen LogP) is 0.750. The summed E-state index contributed by atoms with van der Waals surface area (Å²) >= 11 is 5.98. The molecule has 0 spiro atoms. The summed E-state index contributed by atoms with van der Waals surface area (Å²) in [7, 11) is 3.72. The maximum Gasteiger partial charge on any atom is 0.279 e. The van der Waals surface area contributed by atoms with Crippen LogP contribution in [0.5, 0.6) is 0 Å². The number of hydrogen-bond acceptors (Lipinski definition) is 6. The fourth-order valence-corrected chi connectivity index (χ4v) is 3.62. The molecule has 3 heterocycles. The number of rotatable bonds is 5. The quantitative estimate of drug-likeness (QED) is 0.644. The first kappa shape index (κ1) is 20.5. The number of aromatic nitrogens is 4. The summed E-state index contributed by atoms with van der Waals surface area (Å²) in [6.45, 7) is 5.29. The lowest BCUT2D eigenvalue weighted by atomic mass is 10.3. The number of aryl methyl sites for hydroxylation is 1. The lowest BCUT2D eigenvalue weighted by Crippen LogP contribution is -2.46. The average Bonchev–Trinajstić information content (AvgIpc) is 3.13. The lowest BCUT2D eigenvalue weighted by Gasteiger charge is -2.32. The van der Waals surface area contributed by atoms with Gasteiger partial charge in [0.1, 0.15) is 5.52 Å². The van der Waals surface area contributed by atoms with Gasteiger partial charge in [0.05, 0.1) is 12.0 Å². The maximum absolute atomic E-state index is 12.9. The molecule has 0 unspecified atom stereocenters. The van der Waals surface area contributed by atoms with Crippen LogP contribution in [0.15, 0.2) is 35.4 Å². The molecule has 9 nitrogen and oxygen atoms in total. The average molecular weight is 430 g/mol. The van der Waals surface area contributed by atoms with E-state index in [0.717, 1.165) is 32.7 Å². The highest BCUT2D eigenvalue weighted by molar-refractivity contribution is 6.30. The molecule has 1 N–H and O–H groups in total. The summed E-state index contributed by atoms with van der Waals surface area (Å²) in [5.74, 6) is -0.345. The van der Waals surface area contributed by atoms with Crippen molar-refractivity contribution >= 4 is 28.5 Å². The Morgan fingerprint density at radius 1 is 1.13 bits per heavy atom. The van der Waals surface area contributed by atoms with Gasteiger partial charge in [-0.15, -0.1) is 0 Å². The van der Waals surface area contributed by atoms with Crippen LogP contribution in [-0.4, -0.2) is 81.4 Å². The number of halogens is 1. The molecule has 0 radical (unpaired) electrons. The molecule has 158 valence electrons. The Hall–Kier alpha value is -2.75. The predicted molar refractivity (Wildman–Crippen MR) is 115 cm³/mol. The van der Waals surface area contributed by atoms with Crippen molar-refractivity contribution < 1.29 is 4.79 Å². The number of carbonyl (C=O) groups is 1. The van der Waals surface area contributed by atoms with E-state index < -0.39 is 0 Å². The SMILES string of the molecule is CN1CCN(CCNC(=O)c2nn(-c3ccc(Cl)cc3)c3c(=O)n(C)cnc23)CC1. The highest BCUT2D eigenvalue weighted by Gasteiger charge is 2.22. The summed E-state index contributed by atoms with van der Waals surface area (Å²) in [4.78, 5) is 34.5. The van der Waals surface area contributed by atoms with Crippen LogP contribution in [0.2, 0.25) is 5.02 Å². The smallest absolute Gasteiger partial charge is 0.279 e. The van der Waals surface area contributed by atoms with Crippen molar-refractivity contribution in [3.05, 3.63) is 51.7 Å². The summed E-state index contributed by atoms with van der Waals surface area (Å²) in [5, 5.41) is 7.92. The summed E-state index contributed by atoms with van der Waals surface area (Å²) in [5.41, 5.74) is 1.03. The first-order chi connectivity index (χ1) is 14.4. The first-order valence-electron chi connectivity index (χ1n) is 9.83. The van der Waals surface area contributed by atoms with Gasteiger partial charge in [0.15, 0.2) is 11.2 Å². The third kappa shape index (κ3) is 4.09. The molecule has 1 aromatic carbocycles. The van der Waals surface area contributed by atoms with Crippen molar-refractivity contribution in [3.8, 4) is 5.69 Å². The molecular formula is C20H24ClN7O2. The topological polar surface area (TPSA) is 88.3 Å². The lowest BCUT2D eigenvalue weighted by molar-refractivity contribution is 0.0937. The van der Waals surface area contributed by atoms with Crippen molar-refractivity contribution in [3.63, 3.8) is 0 Å². The van der Waals surface area contributed by atoms with E-state index in [0.29, 0.717) is 17.3 Å². The second-order valence-electron chi connectivity index (χ2n) is 7.50. The van der Waals surface area contributed by atoms with Gasteiger partial charge in [-0.1, -0.05) is 11.6 Å². The minimum atomic E-state index is -0.345. The van der Waals surface area contributed by atoms with Gasteiger partial charge >= 0.3 is 0 Å². The number of nitrogens with one attached hydrogen (secondary N) is 1. The molecule has 1 saturated heterocycles. The molecule has 1 aliphatic rings. The van der Waals surface area contributed by atoms with Crippen molar-refractivity contribution in [2.24, 2.45) is 7.05 Å². The third-order valence-electron chi connectivity index (χ3n) is 5.34. The van der Waals surface area contributed by atoms with Gasteiger partial charge in [0.2, 0.25) is 0 Å². The van der Waals surface area contributed by atoms with Crippen LogP contribution in [0, 0.1) is 0 Å². The number of hydrogen-bond donors (Lipinski definition) is 1. The number of fused-ring (bicyclic) bond motifs is 1. The third-order valence-corrected chi connectivity index (χ3v) is 5.59. The Kier molecular flexibility index (Phi) is 5.85. The molecule has 1 amide bonds. The molecule has 0 bridgehead atoms. The number of carbonyl (C=O) groups excluding carboxylic acids is 1. The molecule has 0 aliphatic carbocycles. The van der Waals surface area contributed by atoms with E-state index in [-0.39, 0.29) is 28.2 Å². The van der Waals surface area contributed by atoms with Crippen LogP contribution >= 0.6 is 11.6 Å². The van der Waals surface area contributed by atoms with Crippen LogP contribution in [0.4, 0.5) is 0 Å². The molecule has 3 aromatic rings. The van der Waals surface area contributed by atoms with Gasteiger partial charge in [-0.3, -0.25) is 14.5 Å². The molecule has 1 aliphatic heterocycles. The molecule has 10 heteroatoms. The summed E-state index contributed by atoms with van der Waals surface area (Å²) in [6.07, 6.45) is 1.40. The van der Waals surface area contributed by atoms with Crippen LogP contribution in [0.1, 0.15) is 10.5 Å². The Morgan fingerprint density at radius 3 is 2.53 bits per heavy atom. The van der Waals surface area contributed by atoms with E-state index >= 15 is 0 Å². The summed E-state index contributed by atoms with van der Waals surface area (Å²) < 4.78 is 2.82. The van der Waals surface area contributed by atoms with E-state index in [1.165, 1.54) is 15.6 Å². The molecule has 0 atom stereocenters.